The van der Waals surface area contributed by atoms with Gasteiger partial charge in [-0.25, -0.2) is 4.39 Å². The smallest absolute Gasteiger partial charge is 0.229 e. The van der Waals surface area contributed by atoms with Gasteiger partial charge in [-0.1, -0.05) is 12.1 Å². The fourth-order valence-corrected chi connectivity index (χ4v) is 1.44. The van der Waals surface area contributed by atoms with Crippen LogP contribution in [0.3, 0.4) is 0 Å². The van der Waals surface area contributed by atoms with Crippen molar-refractivity contribution in [2.24, 2.45) is 0 Å². The normalized spacial score (nSPS) is 9.78. The predicted molar refractivity (Wildman–Crippen MR) is 62.0 cm³/mol. The molecule has 0 saturated heterocycles. The van der Waals surface area contributed by atoms with Gasteiger partial charge < -0.3 is 5.32 Å². The number of carbonyl (C=O) groups is 1. The van der Waals surface area contributed by atoms with Gasteiger partial charge in [0.2, 0.25) is 5.91 Å². The molecule has 0 atom stereocenters. The van der Waals surface area contributed by atoms with Crippen LogP contribution in [0.5, 0.6) is 0 Å². The van der Waals surface area contributed by atoms with Crippen molar-refractivity contribution in [3.05, 3.63) is 47.4 Å². The number of aromatic nitrogens is 2. The maximum absolute atomic E-state index is 12.7. The molecule has 1 heterocycles. The molecule has 0 aliphatic heterocycles. The molecule has 0 unspecified atom stereocenters. The molecule has 0 saturated carbocycles. The summed E-state index contributed by atoms with van der Waals surface area (Å²) in [5, 5.41) is 17.4. The number of nitrogens with zero attached hydrogens (tertiary/aromatic N) is 2. The Bertz CT molecular complexity index is 597. The van der Waals surface area contributed by atoms with Crippen LogP contribution in [0.2, 0.25) is 0 Å². The standard InChI is InChI=1S/C12H9FN4O/c13-10-3-1-8(2-4-10)5-11(18)16-12-9(6-14)7-15-17-12/h1-4,7H,5H2,(H2,15,16,17,18). The lowest BCUT2D eigenvalue weighted by Crippen LogP contribution is -2.15. The molecular weight excluding hydrogens is 235 g/mol. The van der Waals surface area contributed by atoms with Crippen molar-refractivity contribution in [2.45, 2.75) is 6.42 Å². The van der Waals surface area contributed by atoms with Gasteiger partial charge in [0.15, 0.2) is 0 Å². The molecule has 18 heavy (non-hydrogen) atoms. The first-order chi connectivity index (χ1) is 8.69. The molecule has 0 spiro atoms. The summed E-state index contributed by atoms with van der Waals surface area (Å²) in [5.41, 5.74) is 0.953. The number of nitriles is 1. The number of halogens is 1. The van der Waals surface area contributed by atoms with E-state index in [0.29, 0.717) is 5.56 Å². The Morgan fingerprint density at radius 2 is 2.17 bits per heavy atom. The van der Waals surface area contributed by atoms with Crippen LogP contribution in [-0.2, 0) is 11.2 Å². The number of amides is 1. The molecule has 5 nitrogen and oxygen atoms in total. The summed E-state index contributed by atoms with van der Waals surface area (Å²) in [6.07, 6.45) is 1.43. The highest BCUT2D eigenvalue weighted by atomic mass is 19.1. The summed E-state index contributed by atoms with van der Waals surface area (Å²) in [6, 6.07) is 7.55. The van der Waals surface area contributed by atoms with Crippen LogP contribution < -0.4 is 5.32 Å². The first-order valence-electron chi connectivity index (χ1n) is 5.17. The van der Waals surface area contributed by atoms with Crippen molar-refractivity contribution in [3.63, 3.8) is 0 Å². The van der Waals surface area contributed by atoms with Gasteiger partial charge in [-0.3, -0.25) is 9.89 Å². The number of carbonyl (C=O) groups excluding carboxylic acids is 1. The van der Waals surface area contributed by atoms with Crippen LogP contribution in [0.1, 0.15) is 11.1 Å². The van der Waals surface area contributed by atoms with Crippen molar-refractivity contribution in [1.29, 1.82) is 5.26 Å². The topological polar surface area (TPSA) is 81.6 Å². The Hall–Kier alpha value is -2.68. The van der Waals surface area contributed by atoms with E-state index in [1.54, 1.807) is 0 Å². The lowest BCUT2D eigenvalue weighted by molar-refractivity contribution is -0.115. The number of H-pyrrole nitrogens is 1. The Balaban J connectivity index is 2.01. The summed E-state index contributed by atoms with van der Waals surface area (Å²) >= 11 is 0. The van der Waals surface area contributed by atoms with Crippen molar-refractivity contribution < 1.29 is 9.18 Å². The van der Waals surface area contributed by atoms with Crippen LogP contribution in [-0.4, -0.2) is 16.1 Å². The Labute approximate surface area is 102 Å². The third kappa shape index (κ3) is 2.71. The SMILES string of the molecule is N#Cc1cn[nH]c1NC(=O)Cc1ccc(F)cc1. The Morgan fingerprint density at radius 1 is 1.44 bits per heavy atom. The van der Waals surface area contributed by atoms with E-state index in [0.717, 1.165) is 0 Å². The maximum atomic E-state index is 12.7. The molecule has 2 aromatic rings. The second-order valence-electron chi connectivity index (χ2n) is 3.62. The zero-order chi connectivity index (χ0) is 13.0. The van der Waals surface area contributed by atoms with Crippen molar-refractivity contribution in [1.82, 2.24) is 10.2 Å². The van der Waals surface area contributed by atoms with Crippen molar-refractivity contribution >= 4 is 11.7 Å². The molecule has 0 bridgehead atoms. The molecule has 2 rings (SSSR count). The third-order valence-electron chi connectivity index (χ3n) is 2.30. The monoisotopic (exact) mass is 244 g/mol. The molecule has 6 heteroatoms. The molecule has 1 aromatic carbocycles. The van der Waals surface area contributed by atoms with Crippen LogP contribution in [0.25, 0.3) is 0 Å². The van der Waals surface area contributed by atoms with E-state index in [9.17, 15) is 9.18 Å². The van der Waals surface area contributed by atoms with Crippen LogP contribution >= 0.6 is 0 Å². The summed E-state index contributed by atoms with van der Waals surface area (Å²) in [5.74, 6) is -0.383. The summed E-state index contributed by atoms with van der Waals surface area (Å²) < 4.78 is 12.7. The number of aromatic amines is 1. The van der Waals surface area contributed by atoms with Gasteiger partial charge in [-0.05, 0) is 17.7 Å². The minimum absolute atomic E-state index is 0.101. The van der Waals surface area contributed by atoms with Gasteiger partial charge >= 0.3 is 0 Å². The number of nitrogens with one attached hydrogen (secondary N) is 2. The molecule has 0 radical (unpaired) electrons. The highest BCUT2D eigenvalue weighted by Crippen LogP contribution is 2.10. The van der Waals surface area contributed by atoms with Crippen LogP contribution in [0.4, 0.5) is 10.2 Å². The van der Waals surface area contributed by atoms with E-state index in [2.05, 4.69) is 15.5 Å². The summed E-state index contributed by atoms with van der Waals surface area (Å²) in [6.45, 7) is 0. The molecule has 0 fully saturated rings. The summed E-state index contributed by atoms with van der Waals surface area (Å²) in [4.78, 5) is 11.7. The number of hydrogen-bond acceptors (Lipinski definition) is 3. The number of benzene rings is 1. The lowest BCUT2D eigenvalue weighted by atomic mass is 10.1. The molecule has 2 N–H and O–H groups in total. The van der Waals surface area contributed by atoms with E-state index in [1.165, 1.54) is 30.5 Å². The second-order valence-corrected chi connectivity index (χ2v) is 3.62. The fourth-order valence-electron chi connectivity index (χ4n) is 1.44. The Kier molecular flexibility index (Phi) is 3.34. The van der Waals surface area contributed by atoms with Crippen molar-refractivity contribution in [3.8, 4) is 6.07 Å². The lowest BCUT2D eigenvalue weighted by Gasteiger charge is -2.03. The molecule has 0 aliphatic carbocycles. The number of hydrogen-bond donors (Lipinski definition) is 2. The van der Waals surface area contributed by atoms with E-state index in [-0.39, 0.29) is 29.5 Å². The van der Waals surface area contributed by atoms with Crippen LogP contribution in [0, 0.1) is 17.1 Å². The van der Waals surface area contributed by atoms with E-state index < -0.39 is 0 Å². The number of rotatable bonds is 3. The Morgan fingerprint density at radius 3 is 2.83 bits per heavy atom. The molecule has 0 aliphatic rings. The maximum Gasteiger partial charge on any atom is 0.229 e. The molecule has 1 amide bonds. The largest absolute Gasteiger partial charge is 0.310 e. The van der Waals surface area contributed by atoms with Gasteiger partial charge in [0, 0.05) is 0 Å². The quantitative estimate of drug-likeness (QED) is 0.860. The zero-order valence-corrected chi connectivity index (χ0v) is 9.27. The highest BCUT2D eigenvalue weighted by Gasteiger charge is 2.09. The first kappa shape index (κ1) is 11.8. The van der Waals surface area contributed by atoms with E-state index in [4.69, 9.17) is 5.26 Å². The molecule has 1 aromatic heterocycles. The van der Waals surface area contributed by atoms with E-state index >= 15 is 0 Å². The van der Waals surface area contributed by atoms with Gasteiger partial charge in [0.1, 0.15) is 23.3 Å². The number of anilines is 1. The van der Waals surface area contributed by atoms with Crippen LogP contribution in [0.15, 0.2) is 30.5 Å². The van der Waals surface area contributed by atoms with Gasteiger partial charge in [-0.2, -0.15) is 10.4 Å². The fraction of sp³-hybridized carbons (Fsp3) is 0.0833. The zero-order valence-electron chi connectivity index (χ0n) is 9.27. The summed E-state index contributed by atoms with van der Waals surface area (Å²) in [7, 11) is 0. The first-order valence-corrected chi connectivity index (χ1v) is 5.17. The highest BCUT2D eigenvalue weighted by molar-refractivity contribution is 5.92. The van der Waals surface area contributed by atoms with Gasteiger partial charge in [0.05, 0.1) is 12.6 Å². The predicted octanol–water partition coefficient (Wildman–Crippen LogP) is 1.60. The van der Waals surface area contributed by atoms with Crippen molar-refractivity contribution in [2.75, 3.05) is 5.32 Å². The average molecular weight is 244 g/mol. The van der Waals surface area contributed by atoms with E-state index in [1.807, 2.05) is 6.07 Å². The van der Waals surface area contributed by atoms with Gasteiger partial charge in [-0.15, -0.1) is 0 Å². The molecule has 90 valence electrons. The third-order valence-corrected chi connectivity index (χ3v) is 2.30. The molecular formula is C12H9FN4O. The minimum Gasteiger partial charge on any atom is -0.310 e. The average Bonchev–Trinajstić information content (AvgIpc) is 2.79. The second kappa shape index (κ2) is 5.10. The minimum atomic E-state index is -0.348. The van der Waals surface area contributed by atoms with Gasteiger partial charge in [0.25, 0.3) is 0 Å².